The molecule has 0 atom stereocenters. The topological polar surface area (TPSA) is 27.3 Å². The zero-order valence-electron chi connectivity index (χ0n) is 10.4. The van der Waals surface area contributed by atoms with Gasteiger partial charge in [-0.1, -0.05) is 13.8 Å². The SMILES string of the molecule is CC(C)NCCNCCCN1CCCC1. The van der Waals surface area contributed by atoms with E-state index in [9.17, 15) is 0 Å². The maximum Gasteiger partial charge on any atom is 0.00790 e. The van der Waals surface area contributed by atoms with Crippen molar-refractivity contribution in [1.82, 2.24) is 15.5 Å². The van der Waals surface area contributed by atoms with Gasteiger partial charge in [0.05, 0.1) is 0 Å². The average Bonchev–Trinajstić information content (AvgIpc) is 2.68. The van der Waals surface area contributed by atoms with Crippen molar-refractivity contribution in [1.29, 1.82) is 0 Å². The molecule has 15 heavy (non-hydrogen) atoms. The predicted octanol–water partition coefficient (Wildman–Crippen LogP) is 1.06. The highest BCUT2D eigenvalue weighted by atomic mass is 15.1. The maximum absolute atomic E-state index is 3.48. The predicted molar refractivity (Wildman–Crippen MR) is 66.3 cm³/mol. The first-order valence-electron chi connectivity index (χ1n) is 6.45. The quantitative estimate of drug-likeness (QED) is 0.590. The number of nitrogens with zero attached hydrogens (tertiary/aromatic N) is 1. The first kappa shape index (κ1) is 12.9. The molecule has 0 amide bonds. The van der Waals surface area contributed by atoms with Gasteiger partial charge >= 0.3 is 0 Å². The molecule has 2 N–H and O–H groups in total. The Morgan fingerprint density at radius 3 is 2.47 bits per heavy atom. The molecular formula is C12H27N3. The molecule has 3 heteroatoms. The van der Waals surface area contributed by atoms with E-state index in [4.69, 9.17) is 0 Å². The molecule has 1 rings (SSSR count). The molecule has 0 radical (unpaired) electrons. The lowest BCUT2D eigenvalue weighted by Gasteiger charge is -2.14. The third-order valence-corrected chi connectivity index (χ3v) is 2.88. The van der Waals surface area contributed by atoms with Crippen LogP contribution < -0.4 is 10.6 Å². The molecule has 0 aromatic heterocycles. The van der Waals surface area contributed by atoms with Gasteiger partial charge in [0.2, 0.25) is 0 Å². The standard InChI is InChI=1S/C12H27N3/c1-12(2)14-8-7-13-6-5-11-15-9-3-4-10-15/h12-14H,3-11H2,1-2H3. The van der Waals surface area contributed by atoms with E-state index in [2.05, 4.69) is 29.4 Å². The molecule has 1 fully saturated rings. The van der Waals surface area contributed by atoms with Gasteiger partial charge in [-0.25, -0.2) is 0 Å². The van der Waals surface area contributed by atoms with Gasteiger partial charge in [-0.15, -0.1) is 0 Å². The van der Waals surface area contributed by atoms with E-state index in [-0.39, 0.29) is 0 Å². The second kappa shape index (κ2) is 8.08. The normalized spacial score (nSPS) is 17.8. The Bertz CT molecular complexity index is 142. The average molecular weight is 213 g/mol. The highest BCUT2D eigenvalue weighted by Crippen LogP contribution is 2.06. The highest BCUT2D eigenvalue weighted by Gasteiger charge is 2.09. The van der Waals surface area contributed by atoms with Crippen LogP contribution in [0, 0.1) is 0 Å². The number of rotatable bonds is 8. The Kier molecular flexibility index (Phi) is 6.98. The summed E-state index contributed by atoms with van der Waals surface area (Å²) in [6.07, 6.45) is 4.11. The smallest absolute Gasteiger partial charge is 0.00790 e. The van der Waals surface area contributed by atoms with Crippen LogP contribution in [-0.2, 0) is 0 Å². The van der Waals surface area contributed by atoms with Gasteiger partial charge in [0.1, 0.15) is 0 Å². The van der Waals surface area contributed by atoms with Crippen LogP contribution in [0.25, 0.3) is 0 Å². The van der Waals surface area contributed by atoms with Gasteiger partial charge in [0.15, 0.2) is 0 Å². The Balaban J connectivity index is 1.76. The molecule has 0 aliphatic carbocycles. The van der Waals surface area contributed by atoms with Crippen LogP contribution in [0.3, 0.4) is 0 Å². The number of nitrogens with one attached hydrogen (secondary N) is 2. The molecular weight excluding hydrogens is 186 g/mol. The van der Waals surface area contributed by atoms with Gasteiger partial charge in [-0.2, -0.15) is 0 Å². The summed E-state index contributed by atoms with van der Waals surface area (Å²) in [6.45, 7) is 11.7. The molecule has 0 saturated carbocycles. The Hall–Kier alpha value is -0.120. The van der Waals surface area contributed by atoms with Crippen LogP contribution in [0.2, 0.25) is 0 Å². The number of likely N-dealkylation sites (tertiary alicyclic amines) is 1. The fourth-order valence-electron chi connectivity index (χ4n) is 2.01. The van der Waals surface area contributed by atoms with Gasteiger partial charge in [0.25, 0.3) is 0 Å². The van der Waals surface area contributed by atoms with E-state index >= 15 is 0 Å². The van der Waals surface area contributed by atoms with Gasteiger partial charge in [-0.3, -0.25) is 0 Å². The third kappa shape index (κ3) is 6.88. The van der Waals surface area contributed by atoms with Gasteiger partial charge < -0.3 is 15.5 Å². The Morgan fingerprint density at radius 1 is 1.07 bits per heavy atom. The van der Waals surface area contributed by atoms with E-state index in [0.717, 1.165) is 19.6 Å². The van der Waals surface area contributed by atoms with Crippen molar-refractivity contribution in [3.63, 3.8) is 0 Å². The first-order valence-corrected chi connectivity index (χ1v) is 6.45. The second-order valence-electron chi connectivity index (χ2n) is 4.76. The molecule has 1 aliphatic rings. The molecule has 0 unspecified atom stereocenters. The van der Waals surface area contributed by atoms with E-state index < -0.39 is 0 Å². The summed E-state index contributed by atoms with van der Waals surface area (Å²) < 4.78 is 0. The first-order chi connectivity index (χ1) is 7.29. The summed E-state index contributed by atoms with van der Waals surface area (Å²) in [6, 6.07) is 0.608. The van der Waals surface area contributed by atoms with Crippen molar-refractivity contribution in [3.05, 3.63) is 0 Å². The maximum atomic E-state index is 3.48. The van der Waals surface area contributed by atoms with E-state index in [0.29, 0.717) is 6.04 Å². The lowest BCUT2D eigenvalue weighted by Crippen LogP contribution is -2.33. The molecule has 90 valence electrons. The molecule has 1 saturated heterocycles. The zero-order chi connectivity index (χ0) is 10.9. The van der Waals surface area contributed by atoms with E-state index in [1.54, 1.807) is 0 Å². The van der Waals surface area contributed by atoms with Crippen LogP contribution in [0.15, 0.2) is 0 Å². The van der Waals surface area contributed by atoms with Gasteiger partial charge in [0, 0.05) is 19.1 Å². The minimum absolute atomic E-state index is 0.608. The summed E-state index contributed by atoms with van der Waals surface area (Å²) in [4.78, 5) is 2.58. The molecule has 0 aromatic carbocycles. The molecule has 3 nitrogen and oxygen atoms in total. The summed E-state index contributed by atoms with van der Waals surface area (Å²) in [5.74, 6) is 0. The summed E-state index contributed by atoms with van der Waals surface area (Å²) in [5, 5.41) is 6.88. The zero-order valence-corrected chi connectivity index (χ0v) is 10.4. The lowest BCUT2D eigenvalue weighted by molar-refractivity contribution is 0.331. The van der Waals surface area contributed by atoms with Crippen LogP contribution >= 0.6 is 0 Å². The summed E-state index contributed by atoms with van der Waals surface area (Å²) in [5.41, 5.74) is 0. The third-order valence-electron chi connectivity index (χ3n) is 2.88. The summed E-state index contributed by atoms with van der Waals surface area (Å²) >= 11 is 0. The Labute approximate surface area is 94.6 Å². The van der Waals surface area contributed by atoms with Gasteiger partial charge in [-0.05, 0) is 45.4 Å². The fraction of sp³-hybridized carbons (Fsp3) is 1.00. The molecule has 0 bridgehead atoms. The summed E-state index contributed by atoms with van der Waals surface area (Å²) in [7, 11) is 0. The number of hydrogen-bond acceptors (Lipinski definition) is 3. The van der Waals surface area contributed by atoms with Crippen LogP contribution in [-0.4, -0.2) is 50.2 Å². The molecule has 1 aliphatic heterocycles. The lowest BCUT2D eigenvalue weighted by atomic mass is 10.3. The monoisotopic (exact) mass is 213 g/mol. The largest absolute Gasteiger partial charge is 0.315 e. The van der Waals surface area contributed by atoms with Crippen molar-refractivity contribution in [3.8, 4) is 0 Å². The van der Waals surface area contributed by atoms with Crippen molar-refractivity contribution in [2.24, 2.45) is 0 Å². The van der Waals surface area contributed by atoms with E-state index in [1.807, 2.05) is 0 Å². The minimum atomic E-state index is 0.608. The molecule has 1 heterocycles. The second-order valence-corrected chi connectivity index (χ2v) is 4.76. The Morgan fingerprint density at radius 2 is 1.80 bits per heavy atom. The van der Waals surface area contributed by atoms with E-state index in [1.165, 1.54) is 38.9 Å². The fourth-order valence-corrected chi connectivity index (χ4v) is 2.01. The number of hydrogen-bond donors (Lipinski definition) is 2. The van der Waals surface area contributed by atoms with Crippen molar-refractivity contribution in [2.75, 3.05) is 39.3 Å². The van der Waals surface area contributed by atoms with Crippen LogP contribution in [0.1, 0.15) is 33.1 Å². The van der Waals surface area contributed by atoms with Crippen molar-refractivity contribution in [2.45, 2.75) is 39.2 Å². The van der Waals surface area contributed by atoms with Crippen molar-refractivity contribution < 1.29 is 0 Å². The minimum Gasteiger partial charge on any atom is -0.315 e. The van der Waals surface area contributed by atoms with Crippen LogP contribution in [0.4, 0.5) is 0 Å². The molecule has 0 spiro atoms. The van der Waals surface area contributed by atoms with Crippen LogP contribution in [0.5, 0.6) is 0 Å². The highest BCUT2D eigenvalue weighted by molar-refractivity contribution is 4.66. The van der Waals surface area contributed by atoms with Crippen molar-refractivity contribution >= 4 is 0 Å². The molecule has 0 aromatic rings.